The van der Waals surface area contributed by atoms with Crippen molar-refractivity contribution in [2.45, 2.75) is 32.2 Å². The van der Waals surface area contributed by atoms with E-state index < -0.39 is 0 Å². The van der Waals surface area contributed by atoms with E-state index in [2.05, 4.69) is 59.4 Å². The Labute approximate surface area is 134 Å². The van der Waals surface area contributed by atoms with E-state index in [0.29, 0.717) is 5.92 Å². The molecule has 0 amide bonds. The van der Waals surface area contributed by atoms with Gasteiger partial charge in [-0.25, -0.2) is 4.39 Å². The van der Waals surface area contributed by atoms with E-state index in [0.717, 1.165) is 16.5 Å². The fourth-order valence-electron chi connectivity index (χ4n) is 2.42. The number of nitrogens with one attached hydrogen (secondary N) is 1. The molecule has 2 aromatic rings. The molecule has 21 heavy (non-hydrogen) atoms. The van der Waals surface area contributed by atoms with Gasteiger partial charge in [0.05, 0.1) is 0 Å². The van der Waals surface area contributed by atoms with Crippen LogP contribution in [0.5, 0.6) is 0 Å². The van der Waals surface area contributed by atoms with Crippen molar-refractivity contribution >= 4 is 15.9 Å². The second kappa shape index (κ2) is 7.19. The minimum atomic E-state index is -0.205. The summed E-state index contributed by atoms with van der Waals surface area (Å²) in [5, 5.41) is 3.28. The highest BCUT2D eigenvalue weighted by Gasteiger charge is 2.14. The lowest BCUT2D eigenvalue weighted by Gasteiger charge is -2.19. The monoisotopic (exact) mass is 349 g/mol. The lowest BCUT2D eigenvalue weighted by atomic mass is 9.96. The quantitative estimate of drug-likeness (QED) is 0.780. The zero-order chi connectivity index (χ0) is 15.4. The maximum Gasteiger partial charge on any atom is 0.123 e. The molecule has 0 aromatic heterocycles. The normalized spacial score (nSPS) is 12.7. The lowest BCUT2D eigenvalue weighted by molar-refractivity contribution is 0.575. The fraction of sp³-hybridized carbons (Fsp3) is 0.333. The zero-order valence-electron chi connectivity index (χ0n) is 12.7. The second-order valence-corrected chi connectivity index (χ2v) is 6.46. The first-order valence-corrected chi connectivity index (χ1v) is 8.01. The van der Waals surface area contributed by atoms with E-state index in [1.165, 1.54) is 17.2 Å². The van der Waals surface area contributed by atoms with Gasteiger partial charge in [0, 0.05) is 10.5 Å². The van der Waals surface area contributed by atoms with E-state index in [4.69, 9.17) is 0 Å². The van der Waals surface area contributed by atoms with Crippen molar-refractivity contribution in [3.8, 4) is 0 Å². The van der Waals surface area contributed by atoms with Gasteiger partial charge in [-0.15, -0.1) is 0 Å². The van der Waals surface area contributed by atoms with Gasteiger partial charge in [0.15, 0.2) is 0 Å². The number of halogens is 2. The molecule has 1 N–H and O–H groups in total. The van der Waals surface area contributed by atoms with Crippen LogP contribution in [0.1, 0.15) is 42.5 Å². The van der Waals surface area contributed by atoms with Crippen LogP contribution in [0.25, 0.3) is 0 Å². The molecule has 0 saturated heterocycles. The molecule has 1 nitrogen and oxygen atoms in total. The summed E-state index contributed by atoms with van der Waals surface area (Å²) in [7, 11) is 1.91. The van der Waals surface area contributed by atoms with Crippen molar-refractivity contribution in [1.82, 2.24) is 5.32 Å². The molecule has 0 aliphatic carbocycles. The molecule has 0 fully saturated rings. The van der Waals surface area contributed by atoms with Crippen LogP contribution >= 0.6 is 15.9 Å². The molecule has 0 heterocycles. The number of likely N-dealkylation sites (N-methyl/N-ethyl adjacent to an activating group) is 1. The highest BCUT2D eigenvalue weighted by molar-refractivity contribution is 9.10. The van der Waals surface area contributed by atoms with Gasteiger partial charge in [-0.05, 0) is 54.3 Å². The number of rotatable bonds is 5. The van der Waals surface area contributed by atoms with Gasteiger partial charge in [0.2, 0.25) is 0 Å². The summed E-state index contributed by atoms with van der Waals surface area (Å²) in [6.07, 6.45) is 0.830. The van der Waals surface area contributed by atoms with Crippen molar-refractivity contribution in [2.75, 3.05) is 7.05 Å². The number of hydrogen-bond acceptors (Lipinski definition) is 1. The molecule has 0 radical (unpaired) electrons. The van der Waals surface area contributed by atoms with E-state index in [1.807, 2.05) is 7.05 Å². The highest BCUT2D eigenvalue weighted by atomic mass is 79.9. The van der Waals surface area contributed by atoms with Gasteiger partial charge in [-0.2, -0.15) is 0 Å². The molecule has 0 saturated carbocycles. The smallest absolute Gasteiger partial charge is 0.123 e. The summed E-state index contributed by atoms with van der Waals surface area (Å²) in [5.41, 5.74) is 3.53. The van der Waals surface area contributed by atoms with Gasteiger partial charge in [-0.3, -0.25) is 0 Å². The summed E-state index contributed by atoms with van der Waals surface area (Å²) in [6.45, 7) is 4.38. The molecule has 0 bridgehead atoms. The Hall–Kier alpha value is -1.19. The first-order valence-electron chi connectivity index (χ1n) is 7.22. The summed E-state index contributed by atoms with van der Waals surface area (Å²) < 4.78 is 14.4. The van der Waals surface area contributed by atoms with Crippen LogP contribution in [0.3, 0.4) is 0 Å². The van der Waals surface area contributed by atoms with E-state index in [1.54, 1.807) is 12.1 Å². The molecular weight excluding hydrogens is 329 g/mol. The first-order chi connectivity index (χ1) is 10.0. The predicted octanol–water partition coefficient (Wildman–Crippen LogP) is 5.21. The SMILES string of the molecule is CNC(Cc1ccc(C(C)C)cc1)c1cc(F)ccc1Br. The van der Waals surface area contributed by atoms with Crippen molar-refractivity contribution in [1.29, 1.82) is 0 Å². The molecule has 3 heteroatoms. The standard InChI is InChI=1S/C18H21BrFN/c1-12(2)14-6-4-13(5-7-14)10-18(21-3)16-11-15(20)8-9-17(16)19/h4-9,11-12,18,21H,10H2,1-3H3. The van der Waals surface area contributed by atoms with Crippen LogP contribution in [-0.4, -0.2) is 7.05 Å². The molecule has 1 atom stereocenters. The fourth-order valence-corrected chi connectivity index (χ4v) is 2.95. The summed E-state index contributed by atoms with van der Waals surface area (Å²) >= 11 is 3.51. The number of hydrogen-bond donors (Lipinski definition) is 1. The van der Waals surface area contributed by atoms with E-state index in [-0.39, 0.29) is 11.9 Å². The van der Waals surface area contributed by atoms with Gasteiger partial charge in [0.1, 0.15) is 5.82 Å². The van der Waals surface area contributed by atoms with Crippen molar-refractivity contribution in [3.05, 3.63) is 69.4 Å². The van der Waals surface area contributed by atoms with Crippen LogP contribution in [0, 0.1) is 5.82 Å². The topological polar surface area (TPSA) is 12.0 Å². The third-order valence-electron chi connectivity index (χ3n) is 3.77. The highest BCUT2D eigenvalue weighted by Crippen LogP contribution is 2.27. The predicted molar refractivity (Wildman–Crippen MR) is 90.1 cm³/mol. The van der Waals surface area contributed by atoms with Gasteiger partial charge < -0.3 is 5.32 Å². The van der Waals surface area contributed by atoms with E-state index in [9.17, 15) is 4.39 Å². The Bertz CT molecular complexity index is 593. The van der Waals surface area contributed by atoms with Crippen molar-refractivity contribution in [2.24, 2.45) is 0 Å². The maximum atomic E-state index is 13.5. The lowest BCUT2D eigenvalue weighted by Crippen LogP contribution is -2.19. The third kappa shape index (κ3) is 4.14. The largest absolute Gasteiger partial charge is 0.313 e. The Morgan fingerprint density at radius 3 is 2.33 bits per heavy atom. The third-order valence-corrected chi connectivity index (χ3v) is 4.49. The maximum absolute atomic E-state index is 13.5. The van der Waals surface area contributed by atoms with Crippen molar-refractivity contribution in [3.63, 3.8) is 0 Å². The average Bonchev–Trinajstić information content (AvgIpc) is 2.48. The van der Waals surface area contributed by atoms with Crippen LogP contribution in [0.2, 0.25) is 0 Å². The molecular formula is C18H21BrFN. The van der Waals surface area contributed by atoms with Gasteiger partial charge in [-0.1, -0.05) is 54.0 Å². The van der Waals surface area contributed by atoms with Gasteiger partial charge in [0.25, 0.3) is 0 Å². The average molecular weight is 350 g/mol. The van der Waals surface area contributed by atoms with Crippen LogP contribution in [0.4, 0.5) is 4.39 Å². The molecule has 0 aliphatic rings. The summed E-state index contributed by atoms with van der Waals surface area (Å²) in [5.74, 6) is 0.333. The molecule has 112 valence electrons. The summed E-state index contributed by atoms with van der Waals surface area (Å²) in [6, 6.07) is 13.6. The molecule has 0 spiro atoms. The van der Waals surface area contributed by atoms with Crippen LogP contribution in [0.15, 0.2) is 46.9 Å². The first kappa shape index (κ1) is 16.2. The van der Waals surface area contributed by atoms with Crippen LogP contribution < -0.4 is 5.32 Å². The molecule has 2 aromatic carbocycles. The molecule has 0 aliphatic heterocycles. The van der Waals surface area contributed by atoms with E-state index >= 15 is 0 Å². The molecule has 1 unspecified atom stereocenters. The second-order valence-electron chi connectivity index (χ2n) is 5.61. The Kier molecular flexibility index (Phi) is 5.54. The molecule has 2 rings (SSSR count). The minimum Gasteiger partial charge on any atom is -0.313 e. The number of benzene rings is 2. The van der Waals surface area contributed by atoms with Gasteiger partial charge >= 0.3 is 0 Å². The minimum absolute atomic E-state index is 0.0833. The Morgan fingerprint density at radius 2 is 1.76 bits per heavy atom. The Balaban J connectivity index is 2.20. The van der Waals surface area contributed by atoms with Crippen LogP contribution in [-0.2, 0) is 6.42 Å². The van der Waals surface area contributed by atoms with Crippen molar-refractivity contribution < 1.29 is 4.39 Å². The summed E-state index contributed by atoms with van der Waals surface area (Å²) in [4.78, 5) is 0. The Morgan fingerprint density at radius 1 is 1.10 bits per heavy atom. The zero-order valence-corrected chi connectivity index (χ0v) is 14.2.